The topological polar surface area (TPSA) is 131 Å². The van der Waals surface area contributed by atoms with Crippen molar-refractivity contribution in [2.45, 2.75) is 31.5 Å². The van der Waals surface area contributed by atoms with Crippen molar-refractivity contribution in [3.63, 3.8) is 0 Å². The van der Waals surface area contributed by atoms with Crippen molar-refractivity contribution in [1.82, 2.24) is 4.98 Å². The summed E-state index contributed by atoms with van der Waals surface area (Å²) in [6.07, 6.45) is -8.06. The first-order valence-corrected chi connectivity index (χ1v) is 6.20. The van der Waals surface area contributed by atoms with E-state index in [4.69, 9.17) is 10.2 Å². The summed E-state index contributed by atoms with van der Waals surface area (Å²) in [5, 5.41) is 20.3. The fourth-order valence-corrected chi connectivity index (χ4v) is 1.97. The van der Waals surface area contributed by atoms with Crippen LogP contribution < -0.4 is 5.32 Å². The van der Waals surface area contributed by atoms with Gasteiger partial charge in [-0.05, 0) is 12.8 Å². The van der Waals surface area contributed by atoms with Crippen LogP contribution in [0.4, 0.5) is 27.6 Å². The van der Waals surface area contributed by atoms with Crippen LogP contribution in [0.2, 0.25) is 0 Å². The maximum atomic E-state index is 13.0. The Morgan fingerprint density at radius 2 is 1.62 bits per heavy atom. The summed E-state index contributed by atoms with van der Waals surface area (Å²) >= 11 is 0. The Labute approximate surface area is 130 Å². The lowest BCUT2D eigenvalue weighted by atomic mass is 10.0. The molecule has 1 fully saturated rings. The average Bonchev–Trinajstić information content (AvgIpc) is 3.19. The normalized spacial score (nSPS) is 14.2. The Balaban J connectivity index is 0.00000288. The van der Waals surface area contributed by atoms with Gasteiger partial charge in [0.05, 0.1) is 5.69 Å². The van der Waals surface area contributed by atoms with Crippen LogP contribution in [-0.4, -0.2) is 38.7 Å². The minimum atomic E-state index is -5.34. The fraction of sp³-hybridized carbons (Fsp3) is 0.417. The van der Waals surface area contributed by atoms with Gasteiger partial charge in [-0.2, -0.15) is 13.2 Å². The number of hydrogen-bond donors (Lipinski definition) is 3. The number of carboxylic acids is 2. The van der Waals surface area contributed by atoms with Gasteiger partial charge in [-0.15, -0.1) is 0 Å². The molecule has 0 radical (unpaired) electrons. The number of aromatic nitrogens is 1. The summed E-state index contributed by atoms with van der Waals surface area (Å²) in [4.78, 5) is 25.0. The molecule has 24 heavy (non-hydrogen) atoms. The second kappa shape index (κ2) is 6.55. The van der Waals surface area contributed by atoms with Crippen LogP contribution in [0, 0.1) is 0 Å². The molecule has 0 saturated heterocycles. The molecule has 0 atom stereocenters. The molecule has 1 aromatic rings. The molecule has 1 heterocycles. The predicted octanol–water partition coefficient (Wildman–Crippen LogP) is 2.18. The van der Waals surface area contributed by atoms with E-state index in [0.717, 1.165) is 0 Å². The zero-order chi connectivity index (χ0) is 17.5. The number of carboxylic acid groups (broad SMARTS) is 2. The van der Waals surface area contributed by atoms with Crippen molar-refractivity contribution in [2.75, 3.05) is 5.32 Å². The van der Waals surface area contributed by atoms with Crippen molar-refractivity contribution in [2.24, 2.45) is 0 Å². The molecule has 134 valence electrons. The van der Waals surface area contributed by atoms with E-state index in [1.54, 1.807) is 0 Å². The number of hydrogen-bond acceptors (Lipinski definition) is 4. The van der Waals surface area contributed by atoms with Crippen molar-refractivity contribution < 1.29 is 47.2 Å². The number of aromatic carboxylic acids is 2. The zero-order valence-electron chi connectivity index (χ0n) is 11.6. The first-order valence-electron chi connectivity index (χ1n) is 6.20. The summed E-state index contributed by atoms with van der Waals surface area (Å²) in [7, 11) is 0. The van der Waals surface area contributed by atoms with Crippen molar-refractivity contribution >= 4 is 17.6 Å². The van der Waals surface area contributed by atoms with E-state index < -0.39 is 58.8 Å². The van der Waals surface area contributed by atoms with Gasteiger partial charge in [0.15, 0.2) is 5.69 Å². The smallest absolute Gasteiger partial charge is 0.434 e. The second-order valence-electron chi connectivity index (χ2n) is 4.80. The first kappa shape index (κ1) is 19.5. The molecule has 0 aliphatic heterocycles. The van der Waals surface area contributed by atoms with E-state index in [0.29, 0.717) is 12.8 Å². The number of carbonyl (C=O) groups is 2. The molecule has 0 unspecified atom stereocenters. The van der Waals surface area contributed by atoms with Crippen LogP contribution in [0.5, 0.6) is 0 Å². The van der Waals surface area contributed by atoms with Gasteiger partial charge in [0.1, 0.15) is 16.8 Å². The highest BCUT2D eigenvalue weighted by atomic mass is 19.4. The van der Waals surface area contributed by atoms with E-state index in [1.807, 2.05) is 0 Å². The standard InChI is InChI=1S/C12H9F5N2O4.H2O/c13-9(14)7-4(10(20)21)6(18-3-1-2-3)5(11(22)23)8(19-7)12(15,16)17;/h3,9H,1-2H2,(H,18,19)(H,20,21)(H,22,23);1H2. The summed E-state index contributed by atoms with van der Waals surface area (Å²) in [6.45, 7) is 0. The highest BCUT2D eigenvalue weighted by Crippen LogP contribution is 2.40. The highest BCUT2D eigenvalue weighted by molar-refractivity contribution is 6.04. The van der Waals surface area contributed by atoms with E-state index in [2.05, 4.69) is 10.3 Å². The van der Waals surface area contributed by atoms with Crippen molar-refractivity contribution in [3.8, 4) is 0 Å². The van der Waals surface area contributed by atoms with E-state index in [1.165, 1.54) is 0 Å². The predicted molar refractivity (Wildman–Crippen MR) is 68.4 cm³/mol. The van der Waals surface area contributed by atoms with E-state index in [9.17, 15) is 31.5 Å². The van der Waals surface area contributed by atoms with Gasteiger partial charge in [-0.25, -0.2) is 23.4 Å². The fourth-order valence-electron chi connectivity index (χ4n) is 1.97. The number of alkyl halides is 5. The maximum Gasteiger partial charge on any atom is 0.434 e. The lowest BCUT2D eigenvalue weighted by Crippen LogP contribution is -2.24. The molecule has 1 aliphatic rings. The molecule has 1 aromatic heterocycles. The number of nitrogens with zero attached hydrogens (tertiary/aromatic N) is 1. The van der Waals surface area contributed by atoms with Crippen LogP contribution in [0.25, 0.3) is 0 Å². The molecule has 12 heteroatoms. The van der Waals surface area contributed by atoms with Gasteiger partial charge in [0, 0.05) is 6.04 Å². The Bertz CT molecular complexity index is 673. The molecule has 1 saturated carbocycles. The van der Waals surface area contributed by atoms with Gasteiger partial charge in [0.25, 0.3) is 6.43 Å². The van der Waals surface area contributed by atoms with Crippen LogP contribution in [0.3, 0.4) is 0 Å². The zero-order valence-corrected chi connectivity index (χ0v) is 11.6. The molecular weight excluding hydrogens is 347 g/mol. The third kappa shape index (κ3) is 3.69. The van der Waals surface area contributed by atoms with Crippen LogP contribution >= 0.6 is 0 Å². The third-order valence-electron chi connectivity index (χ3n) is 3.05. The third-order valence-corrected chi connectivity index (χ3v) is 3.05. The van der Waals surface area contributed by atoms with E-state index in [-0.39, 0.29) is 5.48 Å². The minimum absolute atomic E-state index is 0. The Hall–Kier alpha value is -2.50. The summed E-state index contributed by atoms with van der Waals surface area (Å²) in [5.74, 6) is -4.11. The summed E-state index contributed by atoms with van der Waals surface area (Å²) < 4.78 is 64.8. The van der Waals surface area contributed by atoms with Gasteiger partial charge >= 0.3 is 18.1 Å². The van der Waals surface area contributed by atoms with Crippen LogP contribution in [0.15, 0.2) is 0 Å². The molecule has 1 aliphatic carbocycles. The van der Waals surface area contributed by atoms with Gasteiger partial charge < -0.3 is 21.0 Å². The van der Waals surface area contributed by atoms with Crippen molar-refractivity contribution in [3.05, 3.63) is 22.5 Å². The van der Waals surface area contributed by atoms with Crippen LogP contribution in [-0.2, 0) is 6.18 Å². The number of halogens is 5. The lowest BCUT2D eigenvalue weighted by Gasteiger charge is -2.19. The molecule has 0 aromatic carbocycles. The monoisotopic (exact) mass is 358 g/mol. The summed E-state index contributed by atoms with van der Waals surface area (Å²) in [6, 6.07) is -0.472. The second-order valence-corrected chi connectivity index (χ2v) is 4.80. The van der Waals surface area contributed by atoms with Gasteiger partial charge in [-0.1, -0.05) is 0 Å². The molecular formula is C12H11F5N2O5. The Morgan fingerprint density at radius 1 is 1.12 bits per heavy atom. The quantitative estimate of drug-likeness (QED) is 0.692. The molecule has 0 bridgehead atoms. The molecule has 5 N–H and O–H groups in total. The number of anilines is 1. The summed E-state index contributed by atoms with van der Waals surface area (Å²) in [5.41, 5.74) is -7.43. The average molecular weight is 358 g/mol. The van der Waals surface area contributed by atoms with Crippen LogP contribution in [0.1, 0.15) is 51.4 Å². The number of pyridine rings is 1. The SMILES string of the molecule is O.O=C(O)c1c(C(F)F)nc(C(F)(F)F)c(C(=O)O)c1NC1CC1. The molecule has 0 amide bonds. The molecule has 7 nitrogen and oxygen atoms in total. The largest absolute Gasteiger partial charge is 0.478 e. The molecule has 2 rings (SSSR count). The molecule has 0 spiro atoms. The number of rotatable bonds is 5. The first-order chi connectivity index (χ1) is 10.5. The minimum Gasteiger partial charge on any atom is -0.478 e. The van der Waals surface area contributed by atoms with Gasteiger partial charge in [-0.3, -0.25) is 0 Å². The van der Waals surface area contributed by atoms with Gasteiger partial charge in [0.2, 0.25) is 0 Å². The lowest BCUT2D eigenvalue weighted by molar-refractivity contribution is -0.142. The maximum absolute atomic E-state index is 13.0. The highest BCUT2D eigenvalue weighted by Gasteiger charge is 2.43. The Morgan fingerprint density at radius 3 is 1.96 bits per heavy atom. The Kier molecular flexibility index (Phi) is 5.33. The van der Waals surface area contributed by atoms with Crippen molar-refractivity contribution in [1.29, 1.82) is 0 Å². The number of nitrogens with one attached hydrogen (secondary N) is 1. The van der Waals surface area contributed by atoms with E-state index >= 15 is 0 Å².